The van der Waals surface area contributed by atoms with Gasteiger partial charge < -0.3 is 4.74 Å². The van der Waals surface area contributed by atoms with E-state index in [0.29, 0.717) is 27.9 Å². The zero-order valence-corrected chi connectivity index (χ0v) is 12.5. The van der Waals surface area contributed by atoms with Gasteiger partial charge in [0, 0.05) is 0 Å². The quantitative estimate of drug-likeness (QED) is 0.860. The van der Waals surface area contributed by atoms with Crippen LogP contribution in [0.3, 0.4) is 0 Å². The lowest BCUT2D eigenvalue weighted by atomic mass is 10.2. The highest BCUT2D eigenvalue weighted by molar-refractivity contribution is 7.18. The minimum atomic E-state index is -0.631. The number of nitrogens with zero attached hydrogens (tertiary/aromatic N) is 2. The summed E-state index contributed by atoms with van der Waals surface area (Å²) in [5.41, 5.74) is 0.494. The Morgan fingerprint density at radius 2 is 2.15 bits per heavy atom. The average Bonchev–Trinajstić information content (AvgIpc) is 2.66. The van der Waals surface area contributed by atoms with Crippen LogP contribution in [0.2, 0.25) is 0 Å². The summed E-state index contributed by atoms with van der Waals surface area (Å²) in [6.45, 7) is 7.12. The second kappa shape index (κ2) is 5.16. The molecule has 0 aliphatic heterocycles. The molecule has 20 heavy (non-hydrogen) atoms. The van der Waals surface area contributed by atoms with Crippen molar-refractivity contribution in [1.29, 1.82) is 0 Å². The third-order valence-corrected chi connectivity index (χ3v) is 3.20. The molecule has 1 N–H and O–H groups in total. The third-order valence-electron chi connectivity index (χ3n) is 2.33. The molecule has 0 spiro atoms. The maximum Gasteiger partial charge on any atom is 0.412 e. The fourth-order valence-corrected chi connectivity index (χ4v) is 2.41. The zero-order valence-electron chi connectivity index (χ0n) is 11.7. The summed E-state index contributed by atoms with van der Waals surface area (Å²) < 4.78 is 5.15. The van der Waals surface area contributed by atoms with Gasteiger partial charge in [-0.1, -0.05) is 11.3 Å². The Bertz CT molecular complexity index is 673. The number of thiazole rings is 1. The lowest BCUT2D eigenvalue weighted by Gasteiger charge is -2.19. The van der Waals surface area contributed by atoms with E-state index in [1.165, 1.54) is 17.5 Å². The Hall–Kier alpha value is -2.02. The van der Waals surface area contributed by atoms with Crippen molar-refractivity contribution in [1.82, 2.24) is 9.97 Å². The Morgan fingerprint density at radius 1 is 1.45 bits per heavy atom. The monoisotopic (exact) mass is 293 g/mol. The second-order valence-corrected chi connectivity index (χ2v) is 6.40. The van der Waals surface area contributed by atoms with Gasteiger partial charge in [-0.2, -0.15) is 0 Å². The predicted molar refractivity (Wildman–Crippen MR) is 77.4 cm³/mol. The first-order valence-corrected chi connectivity index (χ1v) is 6.83. The van der Waals surface area contributed by atoms with Crippen LogP contribution < -0.4 is 5.32 Å². The summed E-state index contributed by atoms with van der Waals surface area (Å²) in [5.74, 6) is 0. The van der Waals surface area contributed by atoms with Gasteiger partial charge in [0.15, 0.2) is 6.29 Å². The third kappa shape index (κ3) is 3.11. The molecular weight excluding hydrogens is 278 g/mol. The molecule has 0 aliphatic rings. The highest BCUT2D eigenvalue weighted by Gasteiger charge is 2.19. The molecule has 0 bridgehead atoms. The van der Waals surface area contributed by atoms with E-state index in [2.05, 4.69) is 15.3 Å². The van der Waals surface area contributed by atoms with Crippen LogP contribution in [0.25, 0.3) is 10.3 Å². The molecule has 6 nitrogen and oxygen atoms in total. The number of amides is 1. The number of rotatable bonds is 2. The zero-order chi connectivity index (χ0) is 14.9. The Balaban J connectivity index is 2.35. The number of nitrogens with one attached hydrogen (secondary N) is 1. The van der Waals surface area contributed by atoms with E-state index in [1.807, 2.05) is 6.92 Å². The van der Waals surface area contributed by atoms with E-state index >= 15 is 0 Å². The standard InChI is InChI=1S/C13H15N3O3S/c1-7-15-10-8(6-17)9(5-14-11(10)20-7)16-12(18)19-13(2,3)4/h5-6H,1-4H3,(H,16,18). The first-order valence-electron chi connectivity index (χ1n) is 6.01. The van der Waals surface area contributed by atoms with Crippen molar-refractivity contribution in [3.63, 3.8) is 0 Å². The summed E-state index contributed by atoms with van der Waals surface area (Å²) in [7, 11) is 0. The van der Waals surface area contributed by atoms with E-state index in [4.69, 9.17) is 4.74 Å². The molecule has 0 radical (unpaired) electrons. The van der Waals surface area contributed by atoms with E-state index in [0.717, 1.165) is 5.01 Å². The van der Waals surface area contributed by atoms with Crippen LogP contribution >= 0.6 is 11.3 Å². The second-order valence-electron chi connectivity index (χ2n) is 5.22. The lowest BCUT2D eigenvalue weighted by molar-refractivity contribution is 0.0636. The average molecular weight is 293 g/mol. The summed E-state index contributed by atoms with van der Waals surface area (Å²) in [6, 6.07) is 0. The number of fused-ring (bicyclic) bond motifs is 1. The van der Waals surface area contributed by atoms with Crippen LogP contribution in [0.4, 0.5) is 10.5 Å². The minimum absolute atomic E-state index is 0.298. The first-order chi connectivity index (χ1) is 9.30. The van der Waals surface area contributed by atoms with E-state index in [9.17, 15) is 9.59 Å². The van der Waals surface area contributed by atoms with Gasteiger partial charge in [-0.25, -0.2) is 14.8 Å². The van der Waals surface area contributed by atoms with Crippen LogP contribution in [0.1, 0.15) is 36.1 Å². The van der Waals surface area contributed by atoms with E-state index in [1.54, 1.807) is 20.8 Å². The summed E-state index contributed by atoms with van der Waals surface area (Å²) >= 11 is 1.39. The Labute approximate surface area is 120 Å². The Morgan fingerprint density at radius 3 is 2.75 bits per heavy atom. The van der Waals surface area contributed by atoms with Gasteiger partial charge >= 0.3 is 6.09 Å². The van der Waals surface area contributed by atoms with Crippen LogP contribution in [0.15, 0.2) is 6.20 Å². The summed E-state index contributed by atoms with van der Waals surface area (Å²) in [4.78, 5) is 32.1. The molecule has 0 aliphatic carbocycles. The normalized spacial score (nSPS) is 11.4. The van der Waals surface area contributed by atoms with Gasteiger partial charge in [-0.05, 0) is 27.7 Å². The molecule has 0 saturated heterocycles. The van der Waals surface area contributed by atoms with Crippen LogP contribution in [0.5, 0.6) is 0 Å². The fraction of sp³-hybridized carbons (Fsp3) is 0.385. The fourth-order valence-electron chi connectivity index (χ4n) is 1.63. The number of carbonyl (C=O) groups excluding carboxylic acids is 2. The van der Waals surface area contributed by atoms with Gasteiger partial charge in [0.05, 0.1) is 22.5 Å². The van der Waals surface area contributed by atoms with Gasteiger partial charge in [0.1, 0.15) is 15.9 Å². The van der Waals surface area contributed by atoms with Gasteiger partial charge in [0.2, 0.25) is 0 Å². The maximum absolute atomic E-state index is 11.7. The van der Waals surface area contributed by atoms with Crippen LogP contribution in [0, 0.1) is 6.92 Å². The SMILES string of the molecule is Cc1nc2c(C=O)c(NC(=O)OC(C)(C)C)cnc2s1. The molecule has 0 unspecified atom stereocenters. The van der Waals surface area contributed by atoms with Crippen LogP contribution in [-0.2, 0) is 4.74 Å². The molecule has 2 aromatic heterocycles. The number of aryl methyl sites for hydroxylation is 1. The number of anilines is 1. The molecule has 0 atom stereocenters. The summed E-state index contributed by atoms with van der Waals surface area (Å²) in [6.07, 6.45) is 1.47. The van der Waals surface area contributed by atoms with Crippen molar-refractivity contribution in [3.05, 3.63) is 16.8 Å². The number of hydrogen-bond acceptors (Lipinski definition) is 6. The lowest BCUT2D eigenvalue weighted by Crippen LogP contribution is -2.27. The number of pyridine rings is 1. The maximum atomic E-state index is 11.7. The molecule has 0 aromatic carbocycles. The number of hydrogen-bond donors (Lipinski definition) is 1. The van der Waals surface area contributed by atoms with Crippen molar-refractivity contribution in [2.75, 3.05) is 5.32 Å². The van der Waals surface area contributed by atoms with Crippen molar-refractivity contribution in [2.24, 2.45) is 0 Å². The molecule has 2 rings (SSSR count). The van der Waals surface area contributed by atoms with Gasteiger partial charge in [-0.3, -0.25) is 10.1 Å². The Kier molecular flexibility index (Phi) is 3.71. The number of aromatic nitrogens is 2. The highest BCUT2D eigenvalue weighted by atomic mass is 32.1. The van der Waals surface area contributed by atoms with E-state index < -0.39 is 11.7 Å². The smallest absolute Gasteiger partial charge is 0.412 e. The van der Waals surface area contributed by atoms with Gasteiger partial charge in [-0.15, -0.1) is 0 Å². The molecule has 1 amide bonds. The van der Waals surface area contributed by atoms with Crippen LogP contribution in [-0.4, -0.2) is 27.9 Å². The predicted octanol–water partition coefficient (Wildman–Crippen LogP) is 3.16. The van der Waals surface area contributed by atoms with Gasteiger partial charge in [0.25, 0.3) is 0 Å². The van der Waals surface area contributed by atoms with Crippen molar-refractivity contribution in [2.45, 2.75) is 33.3 Å². The number of carbonyl (C=O) groups is 2. The highest BCUT2D eigenvalue weighted by Crippen LogP contribution is 2.26. The molecule has 0 saturated carbocycles. The van der Waals surface area contributed by atoms with E-state index in [-0.39, 0.29) is 0 Å². The molecular formula is C13H15N3O3S. The largest absolute Gasteiger partial charge is 0.444 e. The number of aldehydes is 1. The van der Waals surface area contributed by atoms with Crippen molar-refractivity contribution in [3.8, 4) is 0 Å². The number of ether oxygens (including phenoxy) is 1. The molecule has 0 fully saturated rings. The molecule has 2 heterocycles. The molecule has 106 valence electrons. The molecule has 2 aromatic rings. The minimum Gasteiger partial charge on any atom is -0.444 e. The van der Waals surface area contributed by atoms with Crippen molar-refractivity contribution < 1.29 is 14.3 Å². The first kappa shape index (κ1) is 14.4. The molecule has 7 heteroatoms. The topological polar surface area (TPSA) is 81.2 Å². The van der Waals surface area contributed by atoms with Crippen molar-refractivity contribution >= 4 is 39.8 Å². The summed E-state index contributed by atoms with van der Waals surface area (Å²) in [5, 5.41) is 3.34.